The van der Waals surface area contributed by atoms with Crippen LogP contribution in [0.5, 0.6) is 0 Å². The van der Waals surface area contributed by atoms with E-state index in [4.69, 9.17) is 4.42 Å². The summed E-state index contributed by atoms with van der Waals surface area (Å²) in [6.45, 7) is 3.10. The molecule has 21 heavy (non-hydrogen) atoms. The van der Waals surface area contributed by atoms with Gasteiger partial charge < -0.3 is 15.1 Å². The van der Waals surface area contributed by atoms with Crippen LogP contribution in [0.4, 0.5) is 4.39 Å². The summed E-state index contributed by atoms with van der Waals surface area (Å²) in [5.74, 6) is 0.387. The predicted octanol–water partition coefficient (Wildman–Crippen LogP) is 2.67. The number of aryl methyl sites for hydroxylation is 1. The third-order valence-electron chi connectivity index (χ3n) is 3.80. The molecule has 1 amide bonds. The van der Waals surface area contributed by atoms with Crippen molar-refractivity contribution in [2.75, 3.05) is 6.54 Å². The van der Waals surface area contributed by atoms with E-state index in [0.29, 0.717) is 17.9 Å². The van der Waals surface area contributed by atoms with E-state index < -0.39 is 0 Å². The molecule has 2 heterocycles. The summed E-state index contributed by atoms with van der Waals surface area (Å²) >= 11 is 0. The Morgan fingerprint density at radius 1 is 1.52 bits per heavy atom. The number of amides is 1. The van der Waals surface area contributed by atoms with E-state index >= 15 is 0 Å². The van der Waals surface area contributed by atoms with Gasteiger partial charge in [-0.2, -0.15) is 0 Å². The van der Waals surface area contributed by atoms with Gasteiger partial charge >= 0.3 is 0 Å². The number of hydrogen-bond acceptors (Lipinski definition) is 3. The van der Waals surface area contributed by atoms with Crippen molar-refractivity contribution in [3.63, 3.8) is 0 Å². The van der Waals surface area contributed by atoms with Crippen molar-refractivity contribution in [1.82, 2.24) is 10.6 Å². The first kappa shape index (κ1) is 15.8. The molecule has 0 radical (unpaired) electrons. The quantitative estimate of drug-likeness (QED) is 0.916. The van der Waals surface area contributed by atoms with Gasteiger partial charge in [-0.15, -0.1) is 12.4 Å². The van der Waals surface area contributed by atoms with Gasteiger partial charge in [0.15, 0.2) is 0 Å². The molecule has 1 fully saturated rings. The summed E-state index contributed by atoms with van der Waals surface area (Å²) < 4.78 is 18.9. The number of fused-ring (bicyclic) bond motifs is 1. The number of hydrogen-bond donors (Lipinski definition) is 2. The van der Waals surface area contributed by atoms with Crippen molar-refractivity contribution < 1.29 is 13.6 Å². The molecule has 6 heteroatoms. The molecule has 1 atom stereocenters. The highest BCUT2D eigenvalue weighted by Crippen LogP contribution is 2.25. The molecule has 0 bridgehead atoms. The summed E-state index contributed by atoms with van der Waals surface area (Å²) in [5, 5.41) is 6.78. The fourth-order valence-electron chi connectivity index (χ4n) is 2.61. The minimum Gasteiger partial charge on any atom is -0.459 e. The topological polar surface area (TPSA) is 54.3 Å². The van der Waals surface area contributed by atoms with Crippen LogP contribution < -0.4 is 10.6 Å². The van der Waals surface area contributed by atoms with Crippen molar-refractivity contribution in [1.29, 1.82) is 0 Å². The molecular weight excluding hydrogens is 295 g/mol. The number of rotatable bonds is 3. The second-order valence-electron chi connectivity index (χ2n) is 5.16. The molecule has 2 aromatic rings. The van der Waals surface area contributed by atoms with Crippen LogP contribution in [0.1, 0.15) is 24.2 Å². The Bertz CT molecular complexity index is 650. The molecule has 1 unspecified atom stereocenters. The maximum Gasteiger partial charge on any atom is 0.237 e. The Hall–Kier alpha value is -1.59. The van der Waals surface area contributed by atoms with Gasteiger partial charge in [-0.3, -0.25) is 4.79 Å². The number of nitrogens with one attached hydrogen (secondary N) is 2. The van der Waals surface area contributed by atoms with Crippen LogP contribution >= 0.6 is 12.4 Å². The first-order chi connectivity index (χ1) is 9.65. The summed E-state index contributed by atoms with van der Waals surface area (Å²) in [7, 11) is 0. The molecule has 3 rings (SSSR count). The summed E-state index contributed by atoms with van der Waals surface area (Å²) in [6.07, 6.45) is 1.90. The average Bonchev–Trinajstić information content (AvgIpc) is 3.06. The largest absolute Gasteiger partial charge is 0.459 e. The number of benzene rings is 1. The van der Waals surface area contributed by atoms with E-state index in [-0.39, 0.29) is 30.2 Å². The molecule has 114 valence electrons. The SMILES string of the molecule is Cc1c(CNC(=O)C2CCCN2)oc2ccc(F)cc12.Cl. The zero-order valence-electron chi connectivity index (χ0n) is 11.7. The van der Waals surface area contributed by atoms with Crippen LogP contribution in [0, 0.1) is 12.7 Å². The van der Waals surface area contributed by atoms with Gasteiger partial charge in [-0.25, -0.2) is 4.39 Å². The van der Waals surface area contributed by atoms with Crippen LogP contribution in [0.3, 0.4) is 0 Å². The van der Waals surface area contributed by atoms with E-state index in [1.165, 1.54) is 12.1 Å². The van der Waals surface area contributed by atoms with Crippen LogP contribution in [0.25, 0.3) is 11.0 Å². The molecule has 1 aliphatic heterocycles. The van der Waals surface area contributed by atoms with E-state index in [1.807, 2.05) is 6.92 Å². The smallest absolute Gasteiger partial charge is 0.237 e. The molecule has 1 saturated heterocycles. The molecule has 2 N–H and O–H groups in total. The lowest BCUT2D eigenvalue weighted by atomic mass is 10.1. The minimum absolute atomic E-state index is 0. The van der Waals surface area contributed by atoms with Gasteiger partial charge in [0, 0.05) is 10.9 Å². The highest BCUT2D eigenvalue weighted by atomic mass is 35.5. The Balaban J connectivity index is 0.00000161. The zero-order valence-corrected chi connectivity index (χ0v) is 12.6. The molecule has 1 aromatic heterocycles. The molecule has 0 spiro atoms. The van der Waals surface area contributed by atoms with E-state index in [9.17, 15) is 9.18 Å². The fourth-order valence-corrected chi connectivity index (χ4v) is 2.61. The van der Waals surface area contributed by atoms with Crippen LogP contribution in [-0.4, -0.2) is 18.5 Å². The van der Waals surface area contributed by atoms with E-state index in [1.54, 1.807) is 6.07 Å². The summed E-state index contributed by atoms with van der Waals surface area (Å²) in [6, 6.07) is 4.34. The first-order valence-electron chi connectivity index (χ1n) is 6.84. The normalized spacial score (nSPS) is 17.7. The van der Waals surface area contributed by atoms with Gasteiger partial charge in [0.1, 0.15) is 17.2 Å². The summed E-state index contributed by atoms with van der Waals surface area (Å²) in [4.78, 5) is 11.9. The lowest BCUT2D eigenvalue weighted by molar-refractivity contribution is -0.123. The predicted molar refractivity (Wildman–Crippen MR) is 81.0 cm³/mol. The third-order valence-corrected chi connectivity index (χ3v) is 3.80. The fraction of sp³-hybridized carbons (Fsp3) is 0.400. The number of carbonyl (C=O) groups is 1. The Morgan fingerprint density at radius 2 is 2.33 bits per heavy atom. The Labute approximate surface area is 128 Å². The monoisotopic (exact) mass is 312 g/mol. The van der Waals surface area contributed by atoms with Gasteiger partial charge in [0.05, 0.1) is 12.6 Å². The lowest BCUT2D eigenvalue weighted by Gasteiger charge is -2.10. The van der Waals surface area contributed by atoms with Crippen molar-refractivity contribution in [2.45, 2.75) is 32.4 Å². The molecule has 1 aromatic carbocycles. The second-order valence-corrected chi connectivity index (χ2v) is 5.16. The molecule has 0 saturated carbocycles. The number of furan rings is 1. The van der Waals surface area contributed by atoms with Crippen LogP contribution in [0.15, 0.2) is 22.6 Å². The zero-order chi connectivity index (χ0) is 14.1. The minimum atomic E-state index is -0.285. The standard InChI is InChI=1S/C15H17FN2O2.ClH/c1-9-11-7-10(16)4-5-13(11)20-14(9)8-18-15(19)12-3-2-6-17-12;/h4-5,7,12,17H,2-3,6,8H2,1H3,(H,18,19);1H. The highest BCUT2D eigenvalue weighted by Gasteiger charge is 2.22. The molecule has 1 aliphatic rings. The Morgan fingerprint density at radius 3 is 3.05 bits per heavy atom. The van der Waals surface area contributed by atoms with Crippen LogP contribution in [0.2, 0.25) is 0 Å². The van der Waals surface area contributed by atoms with Crippen LogP contribution in [-0.2, 0) is 11.3 Å². The summed E-state index contributed by atoms with van der Waals surface area (Å²) in [5.41, 5.74) is 1.52. The van der Waals surface area contributed by atoms with Crippen molar-refractivity contribution in [3.05, 3.63) is 35.3 Å². The third kappa shape index (κ3) is 3.19. The van der Waals surface area contributed by atoms with Crippen molar-refractivity contribution >= 4 is 29.3 Å². The first-order valence-corrected chi connectivity index (χ1v) is 6.84. The Kier molecular flexibility index (Phi) is 4.85. The highest BCUT2D eigenvalue weighted by molar-refractivity contribution is 5.85. The molecule has 4 nitrogen and oxygen atoms in total. The second kappa shape index (κ2) is 6.45. The van der Waals surface area contributed by atoms with Gasteiger partial charge in [0.25, 0.3) is 0 Å². The van der Waals surface area contributed by atoms with E-state index in [2.05, 4.69) is 10.6 Å². The van der Waals surface area contributed by atoms with Gasteiger partial charge in [-0.1, -0.05) is 0 Å². The number of carbonyl (C=O) groups excluding carboxylic acids is 1. The van der Waals surface area contributed by atoms with Crippen molar-refractivity contribution in [3.8, 4) is 0 Å². The lowest BCUT2D eigenvalue weighted by Crippen LogP contribution is -2.40. The van der Waals surface area contributed by atoms with Gasteiger partial charge in [0.2, 0.25) is 5.91 Å². The molecule has 0 aliphatic carbocycles. The maximum absolute atomic E-state index is 13.2. The molecular formula is C15H18ClFN2O2. The van der Waals surface area contributed by atoms with Gasteiger partial charge in [-0.05, 0) is 44.5 Å². The number of halogens is 2. The van der Waals surface area contributed by atoms with Crippen molar-refractivity contribution in [2.24, 2.45) is 0 Å². The van der Waals surface area contributed by atoms with E-state index in [0.717, 1.165) is 30.3 Å². The maximum atomic E-state index is 13.2. The average molecular weight is 313 g/mol.